The van der Waals surface area contributed by atoms with Crippen molar-refractivity contribution in [2.75, 3.05) is 0 Å². The van der Waals surface area contributed by atoms with E-state index in [4.69, 9.17) is 0 Å². The van der Waals surface area contributed by atoms with Crippen LogP contribution < -0.4 is 5.43 Å². The number of pyridine rings is 1. The molecule has 0 radical (unpaired) electrons. The van der Waals surface area contributed by atoms with Crippen molar-refractivity contribution < 1.29 is 9.72 Å². The third-order valence-corrected chi connectivity index (χ3v) is 3.02. The van der Waals surface area contributed by atoms with Gasteiger partial charge in [-0.3, -0.25) is 19.9 Å². The van der Waals surface area contributed by atoms with E-state index in [0.29, 0.717) is 22.5 Å². The van der Waals surface area contributed by atoms with Gasteiger partial charge in [-0.25, -0.2) is 5.43 Å². The smallest absolute Gasteiger partial charge is 0.267 e. The van der Waals surface area contributed by atoms with Gasteiger partial charge in [0.1, 0.15) is 0 Å². The van der Waals surface area contributed by atoms with Gasteiger partial charge in [0.2, 0.25) is 0 Å². The fraction of sp³-hybridized carbons (Fsp3) is 0.133. The van der Waals surface area contributed by atoms with Gasteiger partial charge in [0.05, 0.1) is 16.3 Å². The van der Waals surface area contributed by atoms with Gasteiger partial charge in [-0.2, -0.15) is 5.10 Å². The summed E-state index contributed by atoms with van der Waals surface area (Å²) in [5.74, 6) is -0.437. The normalized spacial score (nSPS) is 11.1. The Morgan fingerprint density at radius 1 is 1.32 bits per heavy atom. The molecule has 0 bridgehead atoms. The number of hydrogen-bond donors (Lipinski definition) is 1. The summed E-state index contributed by atoms with van der Waals surface area (Å²) >= 11 is 0. The molecule has 1 aromatic carbocycles. The number of rotatable bonds is 4. The lowest BCUT2D eigenvalue weighted by Crippen LogP contribution is -2.19. The van der Waals surface area contributed by atoms with Crippen LogP contribution >= 0.6 is 0 Å². The van der Waals surface area contributed by atoms with Crippen LogP contribution in [0.15, 0.2) is 47.7 Å². The fourth-order valence-electron chi connectivity index (χ4n) is 1.83. The minimum atomic E-state index is -0.486. The highest BCUT2D eigenvalue weighted by molar-refractivity contribution is 5.99. The summed E-state index contributed by atoms with van der Waals surface area (Å²) in [6, 6.07) is 9.55. The summed E-state index contributed by atoms with van der Waals surface area (Å²) in [6.07, 6.45) is 1.63. The van der Waals surface area contributed by atoms with Crippen LogP contribution in [0.25, 0.3) is 0 Å². The highest BCUT2D eigenvalue weighted by Crippen LogP contribution is 2.18. The summed E-state index contributed by atoms with van der Waals surface area (Å²) in [6.45, 7) is 3.31. The predicted octanol–water partition coefficient (Wildman–Crippen LogP) is 2.45. The molecule has 2 aromatic rings. The zero-order valence-electron chi connectivity index (χ0n) is 12.1. The summed E-state index contributed by atoms with van der Waals surface area (Å²) in [5.41, 5.74) is 4.33. The van der Waals surface area contributed by atoms with E-state index in [1.54, 1.807) is 32.2 Å². The highest BCUT2D eigenvalue weighted by Gasteiger charge is 2.13. The van der Waals surface area contributed by atoms with E-state index in [0.717, 1.165) is 0 Å². The van der Waals surface area contributed by atoms with E-state index in [2.05, 4.69) is 15.5 Å². The molecule has 112 valence electrons. The lowest BCUT2D eigenvalue weighted by atomic mass is 10.1. The average Bonchev–Trinajstić information content (AvgIpc) is 2.52. The number of carbonyl (C=O) groups is 1. The molecule has 0 fully saturated rings. The van der Waals surface area contributed by atoms with Crippen molar-refractivity contribution in [3.8, 4) is 0 Å². The van der Waals surface area contributed by atoms with E-state index in [9.17, 15) is 14.9 Å². The molecule has 0 aliphatic carbocycles. The fourth-order valence-corrected chi connectivity index (χ4v) is 1.83. The number of nitro benzene ring substituents is 1. The van der Waals surface area contributed by atoms with Gasteiger partial charge in [-0.15, -0.1) is 0 Å². The van der Waals surface area contributed by atoms with Crippen LogP contribution in [0.3, 0.4) is 0 Å². The third-order valence-electron chi connectivity index (χ3n) is 3.02. The van der Waals surface area contributed by atoms with Gasteiger partial charge < -0.3 is 0 Å². The number of nitrogens with one attached hydrogen (secondary N) is 1. The number of hydrogen-bond acceptors (Lipinski definition) is 5. The number of nitro groups is 1. The molecule has 0 unspecified atom stereocenters. The Labute approximate surface area is 126 Å². The number of nitrogens with zero attached hydrogens (tertiary/aromatic N) is 3. The number of carbonyl (C=O) groups excluding carboxylic acids is 1. The molecule has 0 saturated heterocycles. The Morgan fingerprint density at radius 2 is 2.09 bits per heavy atom. The Kier molecular flexibility index (Phi) is 4.57. The van der Waals surface area contributed by atoms with Gasteiger partial charge in [0.15, 0.2) is 0 Å². The van der Waals surface area contributed by atoms with E-state index in [1.807, 2.05) is 6.07 Å². The maximum absolute atomic E-state index is 12.0. The van der Waals surface area contributed by atoms with Crippen molar-refractivity contribution in [3.05, 3.63) is 69.5 Å². The number of hydrazone groups is 1. The molecule has 0 spiro atoms. The standard InChI is InChI=1S/C15H14N4O3/c1-10-9-12(6-7-14(10)19(21)22)15(20)18-17-11(2)13-5-3-4-8-16-13/h3-9H,1-2H3,(H,18,20)/b17-11+. The first kappa shape index (κ1) is 15.3. The summed E-state index contributed by atoms with van der Waals surface area (Å²) in [7, 11) is 0. The quantitative estimate of drug-likeness (QED) is 0.532. The van der Waals surface area contributed by atoms with Crippen LogP contribution in [-0.2, 0) is 0 Å². The molecule has 22 heavy (non-hydrogen) atoms. The van der Waals surface area contributed by atoms with Gasteiger partial charge >= 0.3 is 0 Å². The van der Waals surface area contributed by atoms with Crippen molar-refractivity contribution in [1.29, 1.82) is 0 Å². The van der Waals surface area contributed by atoms with Crippen molar-refractivity contribution in [1.82, 2.24) is 10.4 Å². The molecule has 1 heterocycles. The maximum atomic E-state index is 12.0. The summed E-state index contributed by atoms with van der Waals surface area (Å²) in [4.78, 5) is 26.4. The number of benzene rings is 1. The molecular formula is C15H14N4O3. The predicted molar refractivity (Wildman–Crippen MR) is 81.7 cm³/mol. The number of aromatic nitrogens is 1. The van der Waals surface area contributed by atoms with Gasteiger partial charge in [0, 0.05) is 23.4 Å². The molecule has 0 aliphatic heterocycles. The summed E-state index contributed by atoms with van der Waals surface area (Å²) in [5, 5.41) is 14.7. The molecule has 0 atom stereocenters. The van der Waals surface area contributed by atoms with E-state index >= 15 is 0 Å². The molecule has 0 aliphatic rings. The van der Waals surface area contributed by atoms with Crippen LogP contribution in [0.1, 0.15) is 28.5 Å². The topological polar surface area (TPSA) is 97.5 Å². The molecular weight excluding hydrogens is 284 g/mol. The van der Waals surface area contributed by atoms with Crippen molar-refractivity contribution in [2.45, 2.75) is 13.8 Å². The first-order valence-corrected chi connectivity index (χ1v) is 6.50. The first-order valence-electron chi connectivity index (χ1n) is 6.50. The Morgan fingerprint density at radius 3 is 2.68 bits per heavy atom. The number of amides is 1. The molecule has 7 heteroatoms. The Hall–Kier alpha value is -3.09. The molecule has 1 N–H and O–H groups in total. The molecule has 1 amide bonds. The van der Waals surface area contributed by atoms with Crippen molar-refractivity contribution >= 4 is 17.3 Å². The molecule has 1 aromatic heterocycles. The largest absolute Gasteiger partial charge is 0.272 e. The monoisotopic (exact) mass is 298 g/mol. The average molecular weight is 298 g/mol. The highest BCUT2D eigenvalue weighted by atomic mass is 16.6. The van der Waals surface area contributed by atoms with Crippen molar-refractivity contribution in [2.24, 2.45) is 5.10 Å². The second kappa shape index (κ2) is 6.57. The Bertz CT molecular complexity index is 742. The Balaban J connectivity index is 2.13. The zero-order chi connectivity index (χ0) is 16.1. The first-order chi connectivity index (χ1) is 10.5. The van der Waals surface area contributed by atoms with Crippen LogP contribution in [0.5, 0.6) is 0 Å². The number of aryl methyl sites for hydroxylation is 1. The maximum Gasteiger partial charge on any atom is 0.272 e. The SMILES string of the molecule is C/C(=N\NC(=O)c1ccc([N+](=O)[O-])c(C)c1)c1ccccn1. The summed E-state index contributed by atoms with van der Waals surface area (Å²) < 4.78 is 0. The van der Waals surface area contributed by atoms with Crippen LogP contribution in [0.4, 0.5) is 5.69 Å². The molecule has 0 saturated carbocycles. The van der Waals surface area contributed by atoms with E-state index in [-0.39, 0.29) is 5.69 Å². The lowest BCUT2D eigenvalue weighted by Gasteiger charge is -2.04. The lowest BCUT2D eigenvalue weighted by molar-refractivity contribution is -0.385. The minimum absolute atomic E-state index is 0.0234. The van der Waals surface area contributed by atoms with Crippen LogP contribution in [0, 0.1) is 17.0 Å². The van der Waals surface area contributed by atoms with E-state index < -0.39 is 10.8 Å². The second-order valence-electron chi connectivity index (χ2n) is 4.61. The van der Waals surface area contributed by atoms with Gasteiger partial charge in [-0.05, 0) is 38.1 Å². The van der Waals surface area contributed by atoms with Gasteiger partial charge in [-0.1, -0.05) is 6.07 Å². The third kappa shape index (κ3) is 3.51. The second-order valence-corrected chi connectivity index (χ2v) is 4.61. The minimum Gasteiger partial charge on any atom is -0.267 e. The molecule has 2 rings (SSSR count). The molecule has 7 nitrogen and oxygen atoms in total. The van der Waals surface area contributed by atoms with E-state index in [1.165, 1.54) is 18.2 Å². The van der Waals surface area contributed by atoms with Gasteiger partial charge in [0.25, 0.3) is 11.6 Å². The van der Waals surface area contributed by atoms with Crippen LogP contribution in [-0.4, -0.2) is 21.5 Å². The van der Waals surface area contributed by atoms with Crippen molar-refractivity contribution in [3.63, 3.8) is 0 Å². The zero-order valence-corrected chi connectivity index (χ0v) is 12.1. The van der Waals surface area contributed by atoms with Crippen LogP contribution in [0.2, 0.25) is 0 Å².